The van der Waals surface area contributed by atoms with Crippen LogP contribution in [0.3, 0.4) is 0 Å². The van der Waals surface area contributed by atoms with Gasteiger partial charge in [-0.25, -0.2) is 4.79 Å². The fraction of sp³-hybridized carbons (Fsp3) is 0.769. The number of hydrogen-bond donors (Lipinski definition) is 1. The summed E-state index contributed by atoms with van der Waals surface area (Å²) in [6.45, 7) is 7.54. The zero-order valence-corrected chi connectivity index (χ0v) is 11.0. The van der Waals surface area contributed by atoms with Crippen molar-refractivity contribution >= 4 is 6.09 Å². The van der Waals surface area contributed by atoms with Crippen molar-refractivity contribution < 1.29 is 9.53 Å². The van der Waals surface area contributed by atoms with Crippen LogP contribution < -0.4 is 5.32 Å². The van der Waals surface area contributed by atoms with Crippen LogP contribution in [0.1, 0.15) is 33.6 Å². The number of terminal acetylenes is 1. The molecule has 1 amide bonds. The fourth-order valence-electron chi connectivity index (χ4n) is 1.49. The second kappa shape index (κ2) is 5.92. The first-order valence-electron chi connectivity index (χ1n) is 6.08. The highest BCUT2D eigenvalue weighted by atomic mass is 16.6. The lowest BCUT2D eigenvalue weighted by atomic mass is 10.2. The van der Waals surface area contributed by atoms with E-state index in [1.54, 1.807) is 4.90 Å². The fourth-order valence-corrected chi connectivity index (χ4v) is 1.49. The van der Waals surface area contributed by atoms with Gasteiger partial charge in [0.1, 0.15) is 5.60 Å². The second-order valence-corrected chi connectivity index (χ2v) is 5.29. The van der Waals surface area contributed by atoms with Crippen molar-refractivity contribution in [3.05, 3.63) is 0 Å². The Hall–Kier alpha value is -1.21. The second-order valence-electron chi connectivity index (χ2n) is 5.29. The highest BCUT2D eigenvalue weighted by molar-refractivity contribution is 5.69. The quantitative estimate of drug-likeness (QED) is 0.584. The number of hydrogen-bond acceptors (Lipinski definition) is 3. The number of carbonyl (C=O) groups is 1. The summed E-state index contributed by atoms with van der Waals surface area (Å²) in [5, 5.41) is 3.08. The highest BCUT2D eigenvalue weighted by Crippen LogP contribution is 2.27. The van der Waals surface area contributed by atoms with Gasteiger partial charge >= 0.3 is 6.09 Å². The molecule has 1 N–H and O–H groups in total. The summed E-state index contributed by atoms with van der Waals surface area (Å²) in [6.07, 6.45) is 7.08. The summed E-state index contributed by atoms with van der Waals surface area (Å²) >= 11 is 0. The molecular weight excluding hydrogens is 216 g/mol. The van der Waals surface area contributed by atoms with Gasteiger partial charge in [0.05, 0.1) is 6.54 Å². The summed E-state index contributed by atoms with van der Waals surface area (Å²) in [5.74, 6) is 2.51. The molecule has 4 nitrogen and oxygen atoms in total. The molecule has 0 atom stereocenters. The average molecular weight is 238 g/mol. The van der Waals surface area contributed by atoms with Crippen LogP contribution in [0.5, 0.6) is 0 Å². The molecule has 0 aromatic carbocycles. The van der Waals surface area contributed by atoms with E-state index in [0.29, 0.717) is 25.7 Å². The Bertz CT molecular complexity index is 298. The third-order valence-electron chi connectivity index (χ3n) is 2.37. The minimum absolute atomic E-state index is 0.220. The Balaban J connectivity index is 2.37. The summed E-state index contributed by atoms with van der Waals surface area (Å²) < 4.78 is 5.38. The molecule has 1 aliphatic carbocycles. The maximum absolute atomic E-state index is 11.9. The number of rotatable bonds is 5. The van der Waals surface area contributed by atoms with Crippen LogP contribution in [0.25, 0.3) is 0 Å². The van der Waals surface area contributed by atoms with E-state index in [1.807, 2.05) is 20.8 Å². The molecule has 0 saturated heterocycles. The number of nitrogens with one attached hydrogen (secondary N) is 1. The molecule has 0 radical (unpaired) electrons. The monoisotopic (exact) mass is 238 g/mol. The van der Waals surface area contributed by atoms with E-state index in [0.717, 1.165) is 12.8 Å². The Morgan fingerprint density at radius 1 is 1.53 bits per heavy atom. The van der Waals surface area contributed by atoms with E-state index in [1.165, 1.54) is 0 Å². The lowest BCUT2D eigenvalue weighted by Gasteiger charge is -2.27. The predicted octanol–water partition coefficient (Wildman–Crippen LogP) is 1.61. The topological polar surface area (TPSA) is 41.6 Å². The first-order valence-corrected chi connectivity index (χ1v) is 6.08. The molecule has 0 spiro atoms. The lowest BCUT2D eigenvalue weighted by Crippen LogP contribution is -2.41. The van der Waals surface area contributed by atoms with Gasteiger partial charge in [0, 0.05) is 19.1 Å². The average Bonchev–Trinajstić information content (AvgIpc) is 2.98. The van der Waals surface area contributed by atoms with Crippen LogP contribution in [0.15, 0.2) is 0 Å². The smallest absolute Gasteiger partial charge is 0.410 e. The number of ether oxygens (including phenoxy) is 1. The molecule has 96 valence electrons. The molecule has 0 heterocycles. The molecule has 0 unspecified atom stereocenters. The number of nitrogens with zero attached hydrogens (tertiary/aromatic N) is 1. The van der Waals surface area contributed by atoms with Crippen LogP contribution in [0.4, 0.5) is 4.79 Å². The predicted molar refractivity (Wildman–Crippen MR) is 67.7 cm³/mol. The van der Waals surface area contributed by atoms with Crippen LogP contribution >= 0.6 is 0 Å². The van der Waals surface area contributed by atoms with Gasteiger partial charge < -0.3 is 15.0 Å². The zero-order valence-electron chi connectivity index (χ0n) is 11.0. The Labute approximate surface area is 104 Å². The molecule has 0 aliphatic heterocycles. The third kappa shape index (κ3) is 5.60. The third-order valence-corrected chi connectivity index (χ3v) is 2.37. The summed E-state index contributed by atoms with van der Waals surface area (Å²) in [4.78, 5) is 13.7. The van der Waals surface area contributed by atoms with E-state index in [2.05, 4.69) is 11.2 Å². The van der Waals surface area contributed by atoms with Crippen molar-refractivity contribution in [1.82, 2.24) is 10.2 Å². The van der Waals surface area contributed by atoms with Gasteiger partial charge in [-0.2, -0.15) is 0 Å². The van der Waals surface area contributed by atoms with E-state index in [-0.39, 0.29) is 6.09 Å². The standard InChI is InChI=1S/C13H22N2O2/c1-5-8-14-9-10-15(11-6-7-11)12(16)17-13(2,3)4/h1,11,14H,6-10H2,2-4H3. The molecule has 1 fully saturated rings. The van der Waals surface area contributed by atoms with Crippen LogP contribution in [-0.2, 0) is 4.74 Å². The summed E-state index contributed by atoms with van der Waals surface area (Å²) in [7, 11) is 0. The molecule has 1 saturated carbocycles. The molecule has 0 aromatic rings. The van der Waals surface area contributed by atoms with Crippen molar-refractivity contribution in [1.29, 1.82) is 0 Å². The molecule has 0 bridgehead atoms. The first-order chi connectivity index (χ1) is 7.94. The van der Waals surface area contributed by atoms with Crippen molar-refractivity contribution in [2.75, 3.05) is 19.6 Å². The maximum Gasteiger partial charge on any atom is 0.410 e. The van der Waals surface area contributed by atoms with Crippen molar-refractivity contribution in [3.8, 4) is 12.3 Å². The minimum atomic E-state index is -0.434. The minimum Gasteiger partial charge on any atom is -0.444 e. The van der Waals surface area contributed by atoms with Gasteiger partial charge in [-0.05, 0) is 33.6 Å². The van der Waals surface area contributed by atoms with Gasteiger partial charge in [0.25, 0.3) is 0 Å². The molecule has 1 aliphatic rings. The van der Waals surface area contributed by atoms with Crippen LogP contribution in [0, 0.1) is 12.3 Å². The zero-order chi connectivity index (χ0) is 12.9. The first kappa shape index (κ1) is 13.9. The van der Waals surface area contributed by atoms with Crippen molar-refractivity contribution in [3.63, 3.8) is 0 Å². The normalized spacial score (nSPS) is 15.2. The van der Waals surface area contributed by atoms with Crippen molar-refractivity contribution in [2.24, 2.45) is 0 Å². The molecule has 0 aromatic heterocycles. The molecular formula is C13H22N2O2. The molecule has 17 heavy (non-hydrogen) atoms. The van der Waals surface area contributed by atoms with Crippen LogP contribution in [-0.4, -0.2) is 42.3 Å². The molecule has 4 heteroatoms. The van der Waals surface area contributed by atoms with E-state index >= 15 is 0 Å². The Morgan fingerprint density at radius 3 is 2.65 bits per heavy atom. The lowest BCUT2D eigenvalue weighted by molar-refractivity contribution is 0.0236. The Kier molecular flexibility index (Phi) is 4.83. The van der Waals surface area contributed by atoms with Gasteiger partial charge in [0.15, 0.2) is 0 Å². The SMILES string of the molecule is C#CCNCCN(C(=O)OC(C)(C)C)C1CC1. The maximum atomic E-state index is 11.9. The van der Waals surface area contributed by atoms with E-state index in [9.17, 15) is 4.79 Å². The Morgan fingerprint density at radius 2 is 2.18 bits per heavy atom. The van der Waals surface area contributed by atoms with Gasteiger partial charge in [-0.3, -0.25) is 0 Å². The van der Waals surface area contributed by atoms with E-state index in [4.69, 9.17) is 11.2 Å². The summed E-state index contributed by atoms with van der Waals surface area (Å²) in [6, 6.07) is 0.359. The van der Waals surface area contributed by atoms with Crippen LogP contribution in [0.2, 0.25) is 0 Å². The molecule has 1 rings (SSSR count). The van der Waals surface area contributed by atoms with Gasteiger partial charge in [-0.1, -0.05) is 5.92 Å². The van der Waals surface area contributed by atoms with Gasteiger partial charge in [-0.15, -0.1) is 6.42 Å². The number of carbonyl (C=O) groups excluding carboxylic acids is 1. The van der Waals surface area contributed by atoms with E-state index < -0.39 is 5.60 Å². The van der Waals surface area contributed by atoms with Crippen molar-refractivity contribution in [2.45, 2.75) is 45.3 Å². The highest BCUT2D eigenvalue weighted by Gasteiger charge is 2.34. The summed E-state index contributed by atoms with van der Waals surface area (Å²) in [5.41, 5.74) is -0.434. The van der Waals surface area contributed by atoms with Gasteiger partial charge in [0.2, 0.25) is 0 Å². The number of amides is 1. The largest absolute Gasteiger partial charge is 0.444 e.